The van der Waals surface area contributed by atoms with Crippen molar-refractivity contribution in [1.29, 1.82) is 0 Å². The first-order chi connectivity index (χ1) is 13.8. The van der Waals surface area contributed by atoms with Gasteiger partial charge < -0.3 is 15.1 Å². The van der Waals surface area contributed by atoms with Crippen LogP contribution in [-0.4, -0.2) is 55.6 Å². The number of nitrogens with one attached hydrogen (secondary N) is 1. The molecule has 2 aliphatic heterocycles. The van der Waals surface area contributed by atoms with Gasteiger partial charge in [-0.2, -0.15) is 0 Å². The molecule has 1 aromatic heterocycles. The predicted molar refractivity (Wildman–Crippen MR) is 118 cm³/mol. The van der Waals surface area contributed by atoms with Crippen LogP contribution in [0.25, 0.3) is 0 Å². The van der Waals surface area contributed by atoms with E-state index in [0.29, 0.717) is 5.92 Å². The van der Waals surface area contributed by atoms with E-state index in [-0.39, 0.29) is 0 Å². The smallest absolute Gasteiger partial charge is 0.193 e. The Hall–Kier alpha value is -2.08. The number of thiazole rings is 1. The van der Waals surface area contributed by atoms with Crippen LogP contribution in [0.3, 0.4) is 0 Å². The fourth-order valence-electron chi connectivity index (χ4n) is 4.24. The summed E-state index contributed by atoms with van der Waals surface area (Å²) in [6.45, 7) is 5.39. The molecule has 4 rings (SSSR count). The largest absolute Gasteiger partial charge is 0.356 e. The zero-order chi connectivity index (χ0) is 19.2. The fraction of sp³-hybridized carbons (Fsp3) is 0.545. The Labute approximate surface area is 172 Å². The molecule has 0 radical (unpaired) electrons. The van der Waals surface area contributed by atoms with Gasteiger partial charge in [-0.15, -0.1) is 11.3 Å². The van der Waals surface area contributed by atoms with Gasteiger partial charge in [-0.1, -0.05) is 30.3 Å². The Bertz CT molecular complexity index is 766. The Morgan fingerprint density at radius 1 is 1.21 bits per heavy atom. The van der Waals surface area contributed by atoms with Gasteiger partial charge in [0.1, 0.15) is 0 Å². The van der Waals surface area contributed by atoms with Gasteiger partial charge in [0.2, 0.25) is 0 Å². The molecule has 1 unspecified atom stereocenters. The van der Waals surface area contributed by atoms with E-state index in [0.717, 1.165) is 51.5 Å². The highest BCUT2D eigenvalue weighted by atomic mass is 32.1. The normalized spacial score (nSPS) is 20.2. The number of hydrogen-bond acceptors (Lipinski definition) is 4. The van der Waals surface area contributed by atoms with Crippen molar-refractivity contribution in [3.05, 3.63) is 47.0 Å². The highest BCUT2D eigenvalue weighted by Gasteiger charge is 2.25. The molecule has 6 heteroatoms. The quantitative estimate of drug-likeness (QED) is 0.599. The minimum atomic E-state index is 0.711. The third-order valence-corrected chi connectivity index (χ3v) is 6.70. The SMILES string of the molecule is CN=C(NCCc1csc(N2CCCC2)n1)N1CCC(Cc2ccccc2)C1. The zero-order valence-electron chi connectivity index (χ0n) is 16.8. The lowest BCUT2D eigenvalue weighted by Gasteiger charge is -2.21. The molecule has 1 atom stereocenters. The number of aliphatic imine (C=N–C) groups is 1. The van der Waals surface area contributed by atoms with E-state index < -0.39 is 0 Å². The molecule has 0 spiro atoms. The average Bonchev–Trinajstić information content (AvgIpc) is 3.47. The third-order valence-electron chi connectivity index (χ3n) is 5.74. The van der Waals surface area contributed by atoms with E-state index in [1.807, 2.05) is 7.05 Å². The fourth-order valence-corrected chi connectivity index (χ4v) is 5.15. The number of rotatable bonds is 6. The van der Waals surface area contributed by atoms with E-state index in [9.17, 15) is 0 Å². The van der Waals surface area contributed by atoms with Gasteiger partial charge >= 0.3 is 0 Å². The van der Waals surface area contributed by atoms with Gasteiger partial charge in [0.25, 0.3) is 0 Å². The van der Waals surface area contributed by atoms with Crippen LogP contribution in [0.1, 0.15) is 30.5 Å². The molecule has 0 amide bonds. The molecule has 1 N–H and O–H groups in total. The zero-order valence-corrected chi connectivity index (χ0v) is 17.6. The lowest BCUT2D eigenvalue weighted by atomic mass is 9.99. The maximum atomic E-state index is 4.82. The summed E-state index contributed by atoms with van der Waals surface area (Å²) in [4.78, 5) is 14.2. The second-order valence-electron chi connectivity index (χ2n) is 7.83. The predicted octanol–water partition coefficient (Wildman–Crippen LogP) is 3.43. The van der Waals surface area contributed by atoms with Gasteiger partial charge in [0, 0.05) is 51.6 Å². The highest BCUT2D eigenvalue weighted by Crippen LogP contribution is 2.24. The van der Waals surface area contributed by atoms with Gasteiger partial charge in [-0.3, -0.25) is 4.99 Å². The van der Waals surface area contributed by atoms with Crippen molar-refractivity contribution >= 4 is 22.4 Å². The average molecular weight is 398 g/mol. The van der Waals surface area contributed by atoms with Crippen LogP contribution in [-0.2, 0) is 12.8 Å². The van der Waals surface area contributed by atoms with Gasteiger partial charge in [0.05, 0.1) is 5.69 Å². The van der Waals surface area contributed by atoms with Crippen molar-refractivity contribution in [1.82, 2.24) is 15.2 Å². The molecule has 0 bridgehead atoms. The van der Waals surface area contributed by atoms with E-state index in [1.165, 1.54) is 35.7 Å². The number of nitrogens with zero attached hydrogens (tertiary/aromatic N) is 4. The first-order valence-corrected chi connectivity index (χ1v) is 11.4. The second-order valence-corrected chi connectivity index (χ2v) is 8.67. The third kappa shape index (κ3) is 4.85. The number of benzene rings is 1. The molecule has 3 heterocycles. The minimum absolute atomic E-state index is 0.711. The molecule has 2 aliphatic rings. The van der Waals surface area contributed by atoms with Gasteiger partial charge in [-0.05, 0) is 37.2 Å². The van der Waals surface area contributed by atoms with E-state index in [4.69, 9.17) is 4.98 Å². The summed E-state index contributed by atoms with van der Waals surface area (Å²) in [5.41, 5.74) is 2.63. The summed E-state index contributed by atoms with van der Waals surface area (Å²) in [6.07, 6.45) is 5.94. The molecule has 150 valence electrons. The molecule has 5 nitrogen and oxygen atoms in total. The maximum Gasteiger partial charge on any atom is 0.193 e. The standard InChI is InChI=1S/C22H31N5S/c1-23-21(27-14-10-19(16-27)15-18-7-3-2-4-8-18)24-11-9-20-17-28-22(25-20)26-12-5-6-13-26/h2-4,7-8,17,19H,5-6,9-16H2,1H3,(H,23,24). The number of aromatic nitrogens is 1. The molecule has 28 heavy (non-hydrogen) atoms. The number of hydrogen-bond donors (Lipinski definition) is 1. The molecule has 2 fully saturated rings. The maximum absolute atomic E-state index is 4.82. The van der Waals surface area contributed by atoms with Crippen molar-refractivity contribution < 1.29 is 0 Å². The Morgan fingerprint density at radius 2 is 2.04 bits per heavy atom. The molecule has 0 aliphatic carbocycles. The molecule has 2 saturated heterocycles. The summed E-state index contributed by atoms with van der Waals surface area (Å²) >= 11 is 1.78. The van der Waals surface area contributed by atoms with Crippen molar-refractivity contribution in [2.45, 2.75) is 32.1 Å². The van der Waals surface area contributed by atoms with Gasteiger partial charge in [0.15, 0.2) is 11.1 Å². The Morgan fingerprint density at radius 3 is 2.82 bits per heavy atom. The summed E-state index contributed by atoms with van der Waals surface area (Å²) in [5.74, 6) is 1.74. The van der Waals surface area contributed by atoms with Crippen LogP contribution in [0.4, 0.5) is 5.13 Å². The molecule has 1 aromatic carbocycles. The van der Waals surface area contributed by atoms with Crippen LogP contribution in [0, 0.1) is 5.92 Å². The molecule has 2 aromatic rings. The Kier molecular flexibility index (Phi) is 6.47. The molecular formula is C22H31N5S. The van der Waals surface area contributed by atoms with Crippen molar-refractivity contribution in [3.8, 4) is 0 Å². The lowest BCUT2D eigenvalue weighted by molar-refractivity contribution is 0.460. The minimum Gasteiger partial charge on any atom is -0.356 e. The van der Waals surface area contributed by atoms with Crippen molar-refractivity contribution in [2.24, 2.45) is 10.9 Å². The molecule has 0 saturated carbocycles. The second kappa shape index (κ2) is 9.41. The van der Waals surface area contributed by atoms with Crippen LogP contribution in [0.15, 0.2) is 40.7 Å². The Balaban J connectivity index is 1.23. The topological polar surface area (TPSA) is 43.8 Å². The van der Waals surface area contributed by atoms with E-state index >= 15 is 0 Å². The lowest BCUT2D eigenvalue weighted by Crippen LogP contribution is -2.41. The number of guanidine groups is 1. The van der Waals surface area contributed by atoms with Gasteiger partial charge in [-0.25, -0.2) is 4.98 Å². The summed E-state index contributed by atoms with van der Waals surface area (Å²) in [5, 5.41) is 6.96. The van der Waals surface area contributed by atoms with E-state index in [2.05, 4.69) is 55.8 Å². The van der Waals surface area contributed by atoms with E-state index in [1.54, 1.807) is 11.3 Å². The van der Waals surface area contributed by atoms with Crippen molar-refractivity contribution in [3.63, 3.8) is 0 Å². The van der Waals surface area contributed by atoms with Crippen LogP contribution < -0.4 is 10.2 Å². The molecular weight excluding hydrogens is 366 g/mol. The summed E-state index contributed by atoms with van der Waals surface area (Å²) < 4.78 is 0. The summed E-state index contributed by atoms with van der Waals surface area (Å²) in [7, 11) is 1.89. The van der Waals surface area contributed by atoms with Crippen LogP contribution in [0.5, 0.6) is 0 Å². The highest BCUT2D eigenvalue weighted by molar-refractivity contribution is 7.13. The summed E-state index contributed by atoms with van der Waals surface area (Å²) in [6, 6.07) is 10.8. The monoisotopic (exact) mass is 397 g/mol. The van der Waals surface area contributed by atoms with Crippen LogP contribution in [0.2, 0.25) is 0 Å². The first kappa shape index (κ1) is 19.2. The first-order valence-electron chi connectivity index (χ1n) is 10.5. The number of anilines is 1. The number of likely N-dealkylation sites (tertiary alicyclic amines) is 1. The van der Waals surface area contributed by atoms with Crippen LogP contribution >= 0.6 is 11.3 Å². The van der Waals surface area contributed by atoms with Crippen molar-refractivity contribution in [2.75, 3.05) is 44.7 Å².